The number of carbonyl (C=O) groups excluding carboxylic acids is 1. The lowest BCUT2D eigenvalue weighted by molar-refractivity contribution is -0.126. The van der Waals surface area contributed by atoms with Gasteiger partial charge >= 0.3 is 0 Å². The topological polar surface area (TPSA) is 44.4 Å². The fourth-order valence-electron chi connectivity index (χ4n) is 1.67. The first-order valence-electron chi connectivity index (χ1n) is 5.98. The van der Waals surface area contributed by atoms with Gasteiger partial charge in [-0.15, -0.1) is 0 Å². The summed E-state index contributed by atoms with van der Waals surface area (Å²) in [5.41, 5.74) is 0. The Balaban J connectivity index is 1.98. The normalized spacial score (nSPS) is 16.5. The van der Waals surface area contributed by atoms with Crippen LogP contribution in [-0.2, 0) is 4.79 Å². The Morgan fingerprint density at radius 1 is 1.40 bits per heavy atom. The number of carbonyl (C=O) groups is 1. The van der Waals surface area contributed by atoms with E-state index in [9.17, 15) is 4.79 Å². The average molecular weight is 213 g/mol. The van der Waals surface area contributed by atoms with E-state index in [-0.39, 0.29) is 11.8 Å². The van der Waals surface area contributed by atoms with Gasteiger partial charge in [0.25, 0.3) is 0 Å². The molecule has 0 aromatic heterocycles. The molecule has 0 spiro atoms. The van der Waals surface area contributed by atoms with Gasteiger partial charge in [0.05, 0.1) is 5.92 Å². The molecule has 1 rings (SSSR count). The van der Waals surface area contributed by atoms with Gasteiger partial charge in [0, 0.05) is 19.6 Å². The second kappa shape index (κ2) is 6.80. The molecule has 1 fully saturated rings. The Morgan fingerprint density at radius 3 is 2.53 bits per heavy atom. The summed E-state index contributed by atoms with van der Waals surface area (Å²) in [6.07, 6.45) is 1.05. The maximum atomic E-state index is 11.4. The van der Waals surface area contributed by atoms with Gasteiger partial charge in [-0.25, -0.2) is 0 Å². The number of rotatable bonds is 7. The zero-order chi connectivity index (χ0) is 11.1. The van der Waals surface area contributed by atoms with Gasteiger partial charge in [0.1, 0.15) is 0 Å². The number of nitrogens with zero attached hydrogens (tertiary/aromatic N) is 1. The third kappa shape index (κ3) is 4.18. The Morgan fingerprint density at radius 2 is 2.07 bits per heavy atom. The van der Waals surface area contributed by atoms with Crippen LogP contribution in [0.5, 0.6) is 0 Å². The second-order valence-corrected chi connectivity index (χ2v) is 4.03. The molecule has 0 aromatic carbocycles. The van der Waals surface area contributed by atoms with Crippen LogP contribution in [0.15, 0.2) is 0 Å². The SMILES string of the molecule is CCN(CC)CCCNC(=O)C1CNC1. The van der Waals surface area contributed by atoms with E-state index in [1.807, 2.05) is 0 Å². The quantitative estimate of drug-likeness (QED) is 0.588. The number of hydrogen-bond donors (Lipinski definition) is 2. The van der Waals surface area contributed by atoms with Gasteiger partial charge in [0.15, 0.2) is 0 Å². The van der Waals surface area contributed by atoms with Gasteiger partial charge in [-0.2, -0.15) is 0 Å². The van der Waals surface area contributed by atoms with Gasteiger partial charge < -0.3 is 15.5 Å². The fraction of sp³-hybridized carbons (Fsp3) is 0.909. The third-order valence-electron chi connectivity index (χ3n) is 3.00. The van der Waals surface area contributed by atoms with Crippen molar-refractivity contribution >= 4 is 5.91 Å². The number of hydrogen-bond acceptors (Lipinski definition) is 3. The van der Waals surface area contributed by atoms with Crippen molar-refractivity contribution in [2.75, 3.05) is 39.3 Å². The fourth-order valence-corrected chi connectivity index (χ4v) is 1.67. The van der Waals surface area contributed by atoms with E-state index >= 15 is 0 Å². The molecule has 1 heterocycles. The van der Waals surface area contributed by atoms with Crippen molar-refractivity contribution in [3.8, 4) is 0 Å². The zero-order valence-electron chi connectivity index (χ0n) is 9.88. The monoisotopic (exact) mass is 213 g/mol. The predicted octanol–water partition coefficient (Wildman–Crippen LogP) is 0.0539. The Bertz CT molecular complexity index is 188. The van der Waals surface area contributed by atoms with Crippen molar-refractivity contribution in [3.05, 3.63) is 0 Å². The highest BCUT2D eigenvalue weighted by Gasteiger charge is 2.23. The number of amides is 1. The molecule has 88 valence electrons. The lowest BCUT2D eigenvalue weighted by Gasteiger charge is -2.26. The number of nitrogens with one attached hydrogen (secondary N) is 2. The molecule has 1 saturated heterocycles. The van der Waals surface area contributed by atoms with Crippen LogP contribution in [0.2, 0.25) is 0 Å². The lowest BCUT2D eigenvalue weighted by atomic mass is 10.0. The van der Waals surface area contributed by atoms with E-state index in [1.165, 1.54) is 0 Å². The van der Waals surface area contributed by atoms with E-state index in [0.717, 1.165) is 45.7 Å². The van der Waals surface area contributed by atoms with Crippen LogP contribution < -0.4 is 10.6 Å². The standard InChI is InChI=1S/C11H23N3O/c1-3-14(4-2)7-5-6-13-11(15)10-8-12-9-10/h10,12H,3-9H2,1-2H3,(H,13,15). The summed E-state index contributed by atoms with van der Waals surface area (Å²) in [4.78, 5) is 13.8. The van der Waals surface area contributed by atoms with Gasteiger partial charge in [-0.05, 0) is 26.1 Å². The van der Waals surface area contributed by atoms with E-state index in [4.69, 9.17) is 0 Å². The molecule has 2 N–H and O–H groups in total. The molecule has 4 nitrogen and oxygen atoms in total. The summed E-state index contributed by atoms with van der Waals surface area (Å²) >= 11 is 0. The molecule has 0 aliphatic carbocycles. The molecule has 15 heavy (non-hydrogen) atoms. The zero-order valence-corrected chi connectivity index (χ0v) is 9.88. The molecule has 0 atom stereocenters. The minimum absolute atomic E-state index is 0.216. The lowest BCUT2D eigenvalue weighted by Crippen LogP contribution is -2.51. The van der Waals surface area contributed by atoms with Gasteiger partial charge in [-0.3, -0.25) is 4.79 Å². The molecule has 4 heteroatoms. The van der Waals surface area contributed by atoms with Crippen LogP contribution in [0, 0.1) is 5.92 Å². The van der Waals surface area contributed by atoms with Crippen LogP contribution in [0.3, 0.4) is 0 Å². The summed E-state index contributed by atoms with van der Waals surface area (Å²) in [6, 6.07) is 0. The smallest absolute Gasteiger partial charge is 0.225 e. The molecule has 0 bridgehead atoms. The highest BCUT2D eigenvalue weighted by Crippen LogP contribution is 2.01. The average Bonchev–Trinajstić information content (AvgIpc) is 2.15. The van der Waals surface area contributed by atoms with Crippen molar-refractivity contribution in [3.63, 3.8) is 0 Å². The van der Waals surface area contributed by atoms with Crippen LogP contribution >= 0.6 is 0 Å². The highest BCUT2D eigenvalue weighted by molar-refractivity contribution is 5.79. The van der Waals surface area contributed by atoms with Crippen LogP contribution in [0.25, 0.3) is 0 Å². The van der Waals surface area contributed by atoms with Crippen molar-refractivity contribution in [2.24, 2.45) is 5.92 Å². The predicted molar refractivity (Wildman–Crippen MR) is 61.8 cm³/mol. The van der Waals surface area contributed by atoms with E-state index in [2.05, 4.69) is 29.4 Å². The molecule has 1 amide bonds. The summed E-state index contributed by atoms with van der Waals surface area (Å²) < 4.78 is 0. The molecule has 0 aromatic rings. The maximum absolute atomic E-state index is 11.4. The van der Waals surface area contributed by atoms with Crippen molar-refractivity contribution in [1.82, 2.24) is 15.5 Å². The molecule has 0 saturated carbocycles. The van der Waals surface area contributed by atoms with Crippen LogP contribution in [-0.4, -0.2) is 50.1 Å². The molecular formula is C11H23N3O. The summed E-state index contributed by atoms with van der Waals surface area (Å²) in [7, 11) is 0. The Kier molecular flexibility index (Phi) is 5.65. The van der Waals surface area contributed by atoms with E-state index in [0.29, 0.717) is 0 Å². The minimum atomic E-state index is 0.216. The molecule has 1 aliphatic heterocycles. The van der Waals surface area contributed by atoms with Gasteiger partial charge in [0.2, 0.25) is 5.91 Å². The van der Waals surface area contributed by atoms with Crippen LogP contribution in [0.1, 0.15) is 20.3 Å². The first-order chi connectivity index (χ1) is 7.27. The van der Waals surface area contributed by atoms with Gasteiger partial charge in [-0.1, -0.05) is 13.8 Å². The minimum Gasteiger partial charge on any atom is -0.356 e. The third-order valence-corrected chi connectivity index (χ3v) is 3.00. The summed E-state index contributed by atoms with van der Waals surface area (Å²) in [5, 5.41) is 6.08. The van der Waals surface area contributed by atoms with E-state index < -0.39 is 0 Å². The van der Waals surface area contributed by atoms with E-state index in [1.54, 1.807) is 0 Å². The summed E-state index contributed by atoms with van der Waals surface area (Å²) in [6.45, 7) is 10.1. The van der Waals surface area contributed by atoms with Crippen molar-refractivity contribution in [1.29, 1.82) is 0 Å². The maximum Gasteiger partial charge on any atom is 0.225 e. The first kappa shape index (κ1) is 12.5. The first-order valence-corrected chi connectivity index (χ1v) is 5.98. The second-order valence-electron chi connectivity index (χ2n) is 4.03. The molecular weight excluding hydrogens is 190 g/mol. The Labute approximate surface area is 92.4 Å². The molecule has 1 aliphatic rings. The highest BCUT2D eigenvalue weighted by atomic mass is 16.2. The Hall–Kier alpha value is -0.610. The largest absolute Gasteiger partial charge is 0.356 e. The molecule has 0 unspecified atom stereocenters. The molecule has 0 radical (unpaired) electrons. The van der Waals surface area contributed by atoms with Crippen molar-refractivity contribution in [2.45, 2.75) is 20.3 Å². The van der Waals surface area contributed by atoms with Crippen LogP contribution in [0.4, 0.5) is 0 Å². The van der Waals surface area contributed by atoms with Crippen molar-refractivity contribution < 1.29 is 4.79 Å². The summed E-state index contributed by atoms with van der Waals surface area (Å²) in [5.74, 6) is 0.437.